The zero-order chi connectivity index (χ0) is 22.1. The summed E-state index contributed by atoms with van der Waals surface area (Å²) in [6.07, 6.45) is 3.14. The number of aliphatic hydroxyl groups excluding tert-OH is 1. The van der Waals surface area contributed by atoms with Gasteiger partial charge in [-0.1, -0.05) is 13.8 Å². The maximum absolute atomic E-state index is 12.8. The molecular formula is C18H32N4O6S. The lowest BCUT2D eigenvalue weighted by Gasteiger charge is -2.29. The molecule has 0 aliphatic carbocycles. The molecule has 0 bridgehead atoms. The molecule has 1 aliphatic rings. The summed E-state index contributed by atoms with van der Waals surface area (Å²) in [6, 6.07) is -3.86. The molecule has 4 atom stereocenters. The van der Waals surface area contributed by atoms with Gasteiger partial charge in [0.15, 0.2) is 0 Å². The molecule has 1 fully saturated rings. The minimum Gasteiger partial charge on any atom is -0.480 e. The molecule has 1 heterocycles. The first-order valence-electron chi connectivity index (χ1n) is 9.63. The average molecular weight is 433 g/mol. The summed E-state index contributed by atoms with van der Waals surface area (Å²) in [4.78, 5) is 50.4. The highest BCUT2D eigenvalue weighted by Crippen LogP contribution is 2.19. The van der Waals surface area contributed by atoms with Crippen LogP contribution in [-0.2, 0) is 19.2 Å². The van der Waals surface area contributed by atoms with E-state index in [9.17, 15) is 24.3 Å². The number of nitrogens with one attached hydrogen (secondary N) is 2. The Balaban J connectivity index is 2.84. The van der Waals surface area contributed by atoms with Crippen molar-refractivity contribution in [1.29, 1.82) is 0 Å². The van der Waals surface area contributed by atoms with Gasteiger partial charge in [-0.05, 0) is 37.2 Å². The summed E-state index contributed by atoms with van der Waals surface area (Å²) in [5, 5.41) is 23.5. The lowest BCUT2D eigenvalue weighted by molar-refractivity contribution is -0.143. The lowest BCUT2D eigenvalue weighted by Crippen LogP contribution is -2.58. The van der Waals surface area contributed by atoms with Crippen LogP contribution in [0.4, 0.5) is 0 Å². The first-order valence-corrected chi connectivity index (χ1v) is 11.0. The van der Waals surface area contributed by atoms with Gasteiger partial charge < -0.3 is 31.5 Å². The first-order chi connectivity index (χ1) is 13.6. The number of amides is 3. The molecule has 0 spiro atoms. The number of hydrogen-bond acceptors (Lipinski definition) is 7. The minimum absolute atomic E-state index is 0.269. The number of carbonyl (C=O) groups is 4. The molecule has 1 saturated heterocycles. The number of aliphatic carboxylic acids is 1. The highest BCUT2D eigenvalue weighted by molar-refractivity contribution is 7.98. The molecule has 29 heavy (non-hydrogen) atoms. The van der Waals surface area contributed by atoms with Crippen molar-refractivity contribution < 1.29 is 29.4 Å². The number of aliphatic hydroxyl groups is 1. The van der Waals surface area contributed by atoms with Crippen LogP contribution >= 0.6 is 11.8 Å². The molecule has 0 aromatic carbocycles. The van der Waals surface area contributed by atoms with Crippen molar-refractivity contribution in [3.05, 3.63) is 0 Å². The number of hydrogen-bond donors (Lipinski definition) is 5. The van der Waals surface area contributed by atoms with Crippen LogP contribution in [0.5, 0.6) is 0 Å². The summed E-state index contributed by atoms with van der Waals surface area (Å²) >= 11 is 1.47. The van der Waals surface area contributed by atoms with Gasteiger partial charge in [0.25, 0.3) is 0 Å². The van der Waals surface area contributed by atoms with E-state index in [0.717, 1.165) is 0 Å². The second-order valence-corrected chi connectivity index (χ2v) is 8.38. The number of carbonyl (C=O) groups excluding carboxylic acids is 3. The predicted octanol–water partition coefficient (Wildman–Crippen LogP) is -1.24. The Kier molecular flexibility index (Phi) is 10.4. The molecular weight excluding hydrogens is 400 g/mol. The molecule has 0 aromatic rings. The molecule has 1 rings (SSSR count). The number of carboxylic acids is 1. The topological polar surface area (TPSA) is 162 Å². The van der Waals surface area contributed by atoms with Gasteiger partial charge in [-0.25, -0.2) is 4.79 Å². The third-order valence-corrected chi connectivity index (χ3v) is 5.47. The Bertz CT molecular complexity index is 603. The van der Waals surface area contributed by atoms with Gasteiger partial charge in [-0.15, -0.1) is 0 Å². The van der Waals surface area contributed by atoms with Crippen molar-refractivity contribution in [3.8, 4) is 0 Å². The smallest absolute Gasteiger partial charge is 0.326 e. The SMILES string of the molecule is CSCCC(NC(=O)C(NC(=O)C1CCCN1C(=O)C(N)CO)C(C)C)C(=O)O. The first kappa shape index (κ1) is 25.2. The minimum atomic E-state index is -1.13. The fraction of sp³-hybridized carbons (Fsp3) is 0.778. The van der Waals surface area contributed by atoms with Crippen molar-refractivity contribution in [2.75, 3.05) is 25.2 Å². The van der Waals surface area contributed by atoms with Crippen LogP contribution in [0.25, 0.3) is 0 Å². The van der Waals surface area contributed by atoms with E-state index in [0.29, 0.717) is 25.1 Å². The second kappa shape index (κ2) is 12.0. The third kappa shape index (κ3) is 7.16. The zero-order valence-electron chi connectivity index (χ0n) is 17.1. The summed E-state index contributed by atoms with van der Waals surface area (Å²) < 4.78 is 0. The standard InChI is InChI=1S/C18H32N4O6S/c1-10(2)14(16(25)20-12(18(27)28)6-8-29-3)21-15(24)13-5-4-7-22(13)17(26)11(19)9-23/h10-14,23H,4-9,19H2,1-3H3,(H,20,25)(H,21,24)(H,27,28). The normalized spacial score (nSPS) is 19.5. The molecule has 4 unspecified atom stereocenters. The van der Waals surface area contributed by atoms with E-state index in [1.807, 2.05) is 6.26 Å². The quantitative estimate of drug-likeness (QED) is 0.271. The van der Waals surface area contributed by atoms with Gasteiger partial charge >= 0.3 is 5.97 Å². The highest BCUT2D eigenvalue weighted by Gasteiger charge is 2.38. The fourth-order valence-electron chi connectivity index (χ4n) is 3.13. The van der Waals surface area contributed by atoms with Gasteiger partial charge in [-0.3, -0.25) is 14.4 Å². The van der Waals surface area contributed by atoms with Gasteiger partial charge in [0.05, 0.1) is 6.61 Å². The zero-order valence-corrected chi connectivity index (χ0v) is 17.9. The van der Waals surface area contributed by atoms with E-state index >= 15 is 0 Å². The summed E-state index contributed by atoms with van der Waals surface area (Å²) in [5.74, 6) is -2.44. The van der Waals surface area contributed by atoms with Crippen LogP contribution in [0.2, 0.25) is 0 Å². The molecule has 0 radical (unpaired) electrons. The molecule has 0 saturated carbocycles. The number of nitrogens with two attached hydrogens (primary N) is 1. The van der Waals surface area contributed by atoms with E-state index in [4.69, 9.17) is 10.8 Å². The van der Waals surface area contributed by atoms with E-state index in [1.54, 1.807) is 13.8 Å². The van der Waals surface area contributed by atoms with E-state index in [-0.39, 0.29) is 12.3 Å². The van der Waals surface area contributed by atoms with Gasteiger partial charge in [0.1, 0.15) is 24.2 Å². The lowest BCUT2D eigenvalue weighted by atomic mass is 10.0. The van der Waals surface area contributed by atoms with E-state index in [2.05, 4.69) is 10.6 Å². The summed E-state index contributed by atoms with van der Waals surface area (Å²) in [6.45, 7) is 3.30. The maximum Gasteiger partial charge on any atom is 0.326 e. The predicted molar refractivity (Wildman–Crippen MR) is 109 cm³/mol. The number of rotatable bonds is 11. The van der Waals surface area contributed by atoms with Crippen LogP contribution < -0.4 is 16.4 Å². The Labute approximate surface area is 174 Å². The van der Waals surface area contributed by atoms with Crippen LogP contribution in [0.15, 0.2) is 0 Å². The highest BCUT2D eigenvalue weighted by atomic mass is 32.2. The largest absolute Gasteiger partial charge is 0.480 e. The van der Waals surface area contributed by atoms with Crippen LogP contribution in [0.1, 0.15) is 33.1 Å². The van der Waals surface area contributed by atoms with Crippen LogP contribution in [0, 0.1) is 5.92 Å². The second-order valence-electron chi connectivity index (χ2n) is 7.39. The maximum atomic E-state index is 12.8. The van der Waals surface area contributed by atoms with Crippen molar-refractivity contribution in [2.45, 2.75) is 57.3 Å². The molecule has 11 heteroatoms. The monoisotopic (exact) mass is 432 g/mol. The Morgan fingerprint density at radius 1 is 1.24 bits per heavy atom. The molecule has 166 valence electrons. The Morgan fingerprint density at radius 2 is 1.90 bits per heavy atom. The van der Waals surface area contributed by atoms with E-state index in [1.165, 1.54) is 16.7 Å². The van der Waals surface area contributed by atoms with Gasteiger partial charge in [0.2, 0.25) is 17.7 Å². The van der Waals surface area contributed by atoms with Crippen molar-refractivity contribution in [3.63, 3.8) is 0 Å². The van der Waals surface area contributed by atoms with Crippen LogP contribution in [-0.4, -0.2) is 88.1 Å². The number of likely N-dealkylation sites (tertiary alicyclic amines) is 1. The number of thioether (sulfide) groups is 1. The van der Waals surface area contributed by atoms with E-state index < -0.39 is 54.5 Å². The Hall–Kier alpha value is -1.85. The third-order valence-electron chi connectivity index (χ3n) is 4.82. The van der Waals surface area contributed by atoms with Gasteiger partial charge in [-0.2, -0.15) is 11.8 Å². The molecule has 10 nitrogen and oxygen atoms in total. The number of nitrogens with zero attached hydrogens (tertiary/aromatic N) is 1. The summed E-state index contributed by atoms with van der Waals surface area (Å²) in [5.41, 5.74) is 5.59. The molecule has 6 N–H and O–H groups in total. The summed E-state index contributed by atoms with van der Waals surface area (Å²) in [7, 11) is 0. The fourth-order valence-corrected chi connectivity index (χ4v) is 3.60. The molecule has 0 aromatic heterocycles. The van der Waals surface area contributed by atoms with Gasteiger partial charge in [0, 0.05) is 6.54 Å². The number of carboxylic acid groups (broad SMARTS) is 1. The van der Waals surface area contributed by atoms with Crippen LogP contribution in [0.3, 0.4) is 0 Å². The van der Waals surface area contributed by atoms with Crippen molar-refractivity contribution in [1.82, 2.24) is 15.5 Å². The van der Waals surface area contributed by atoms with Crippen molar-refractivity contribution in [2.24, 2.45) is 11.7 Å². The Morgan fingerprint density at radius 3 is 2.41 bits per heavy atom. The van der Waals surface area contributed by atoms with Crippen molar-refractivity contribution >= 4 is 35.5 Å². The average Bonchev–Trinajstić information content (AvgIpc) is 3.16. The molecule has 3 amide bonds. The molecule has 1 aliphatic heterocycles.